The highest BCUT2D eigenvalue weighted by atomic mass is 16.3. The number of rotatable bonds is 3. The lowest BCUT2D eigenvalue weighted by Gasteiger charge is -2.29. The summed E-state index contributed by atoms with van der Waals surface area (Å²) in [4.78, 5) is 2.56. The van der Waals surface area contributed by atoms with Crippen LogP contribution in [0.2, 0.25) is 0 Å². The largest absolute Gasteiger partial charge is 0.464 e. The monoisotopic (exact) mass is 274 g/mol. The lowest BCUT2D eigenvalue weighted by Crippen LogP contribution is -2.38. The van der Waals surface area contributed by atoms with E-state index in [-0.39, 0.29) is 0 Å². The first kappa shape index (κ1) is 12.9. The molecule has 1 saturated heterocycles. The fourth-order valence-corrected chi connectivity index (χ4v) is 4.36. The molecule has 3 heteroatoms. The molecule has 2 N–H and O–H groups in total. The quantitative estimate of drug-likeness (QED) is 0.921. The predicted molar refractivity (Wildman–Crippen MR) is 79.3 cm³/mol. The molecular weight excluding hydrogens is 248 g/mol. The van der Waals surface area contributed by atoms with Crippen molar-refractivity contribution in [1.82, 2.24) is 4.90 Å². The van der Waals surface area contributed by atoms with Crippen LogP contribution in [0.4, 0.5) is 0 Å². The number of likely N-dealkylation sites (tertiary alicyclic amines) is 1. The van der Waals surface area contributed by atoms with E-state index in [1.54, 1.807) is 0 Å². The van der Waals surface area contributed by atoms with Crippen LogP contribution in [-0.2, 0) is 6.54 Å². The summed E-state index contributed by atoms with van der Waals surface area (Å²) in [6, 6.07) is 4.80. The van der Waals surface area contributed by atoms with Gasteiger partial charge in [0.25, 0.3) is 0 Å². The zero-order valence-corrected chi connectivity index (χ0v) is 12.4. The smallest absolute Gasteiger partial charge is 0.118 e. The maximum atomic E-state index is 6.29. The molecule has 0 aromatic carbocycles. The van der Waals surface area contributed by atoms with Crippen molar-refractivity contribution in [1.29, 1.82) is 0 Å². The predicted octanol–water partition coefficient (Wildman–Crippen LogP) is 2.96. The molecule has 2 saturated carbocycles. The molecule has 4 rings (SSSR count). The van der Waals surface area contributed by atoms with Crippen molar-refractivity contribution in [2.75, 3.05) is 13.1 Å². The van der Waals surface area contributed by atoms with E-state index in [1.165, 1.54) is 44.5 Å². The molecule has 1 aromatic rings. The number of hydrogen-bond donors (Lipinski definition) is 1. The molecule has 2 heterocycles. The number of fused-ring (bicyclic) bond motifs is 1. The lowest BCUT2D eigenvalue weighted by atomic mass is 9.78. The number of nitrogens with zero attached hydrogens (tertiary/aromatic N) is 1. The molecular formula is C17H26N2O. The first-order valence-electron chi connectivity index (χ1n) is 8.27. The Morgan fingerprint density at radius 3 is 2.90 bits per heavy atom. The van der Waals surface area contributed by atoms with E-state index in [0.717, 1.165) is 30.1 Å². The molecule has 5 unspecified atom stereocenters. The minimum Gasteiger partial charge on any atom is -0.464 e. The van der Waals surface area contributed by atoms with E-state index in [9.17, 15) is 0 Å². The van der Waals surface area contributed by atoms with Crippen LogP contribution in [0.25, 0.3) is 0 Å². The zero-order valence-electron chi connectivity index (χ0n) is 12.4. The van der Waals surface area contributed by atoms with Gasteiger partial charge in [-0.3, -0.25) is 4.90 Å². The zero-order chi connectivity index (χ0) is 13.7. The Kier molecular flexibility index (Phi) is 3.15. The van der Waals surface area contributed by atoms with Gasteiger partial charge in [-0.15, -0.1) is 0 Å². The van der Waals surface area contributed by atoms with Crippen molar-refractivity contribution in [3.8, 4) is 0 Å². The standard InChI is InChI=1S/C17H26N2O/c1-11-7-14(11)17-6-5-13(20-17)9-19-8-12-3-2-4-16(18)15(12)10-19/h5-6,11-12,14-16H,2-4,7-10,18H2,1H3. The minimum atomic E-state index is 0.429. The summed E-state index contributed by atoms with van der Waals surface area (Å²) in [5.41, 5.74) is 6.29. The van der Waals surface area contributed by atoms with Crippen molar-refractivity contribution in [2.45, 2.75) is 51.1 Å². The highest BCUT2D eigenvalue weighted by Crippen LogP contribution is 2.47. The van der Waals surface area contributed by atoms with E-state index in [2.05, 4.69) is 24.0 Å². The van der Waals surface area contributed by atoms with Gasteiger partial charge in [0.2, 0.25) is 0 Å². The van der Waals surface area contributed by atoms with E-state index in [1.807, 2.05) is 0 Å². The summed E-state index contributed by atoms with van der Waals surface area (Å²) in [5, 5.41) is 0. The maximum Gasteiger partial charge on any atom is 0.118 e. The summed E-state index contributed by atoms with van der Waals surface area (Å²) in [5.74, 6) is 5.42. The second-order valence-electron chi connectivity index (χ2n) is 7.34. The third-order valence-electron chi connectivity index (χ3n) is 5.77. The lowest BCUT2D eigenvalue weighted by molar-refractivity contribution is 0.258. The fraction of sp³-hybridized carbons (Fsp3) is 0.765. The Labute approximate surface area is 121 Å². The molecule has 20 heavy (non-hydrogen) atoms. The summed E-state index contributed by atoms with van der Waals surface area (Å²) in [6.07, 6.45) is 5.22. The summed E-state index contributed by atoms with van der Waals surface area (Å²) < 4.78 is 6.05. The van der Waals surface area contributed by atoms with Crippen LogP contribution >= 0.6 is 0 Å². The third-order valence-corrected chi connectivity index (χ3v) is 5.77. The van der Waals surface area contributed by atoms with Crippen LogP contribution in [0.3, 0.4) is 0 Å². The van der Waals surface area contributed by atoms with Crippen LogP contribution in [0, 0.1) is 17.8 Å². The number of furan rings is 1. The Hall–Kier alpha value is -0.800. The fourth-order valence-electron chi connectivity index (χ4n) is 4.36. The number of hydrogen-bond acceptors (Lipinski definition) is 3. The molecule has 0 spiro atoms. The highest BCUT2D eigenvalue weighted by molar-refractivity contribution is 5.17. The van der Waals surface area contributed by atoms with Gasteiger partial charge < -0.3 is 10.2 Å². The summed E-state index contributed by atoms with van der Waals surface area (Å²) in [6.45, 7) is 5.66. The molecule has 3 nitrogen and oxygen atoms in total. The maximum absolute atomic E-state index is 6.29. The summed E-state index contributed by atoms with van der Waals surface area (Å²) >= 11 is 0. The van der Waals surface area contributed by atoms with Gasteiger partial charge in [0.1, 0.15) is 11.5 Å². The molecule has 5 atom stereocenters. The van der Waals surface area contributed by atoms with Crippen molar-refractivity contribution in [3.63, 3.8) is 0 Å². The van der Waals surface area contributed by atoms with Crippen molar-refractivity contribution >= 4 is 0 Å². The van der Waals surface area contributed by atoms with Gasteiger partial charge in [0.15, 0.2) is 0 Å². The van der Waals surface area contributed by atoms with Crippen LogP contribution in [-0.4, -0.2) is 24.0 Å². The number of nitrogens with two attached hydrogens (primary N) is 1. The average molecular weight is 274 g/mol. The van der Waals surface area contributed by atoms with Gasteiger partial charge >= 0.3 is 0 Å². The van der Waals surface area contributed by atoms with Crippen molar-refractivity contribution < 1.29 is 4.42 Å². The van der Waals surface area contributed by atoms with E-state index in [4.69, 9.17) is 10.2 Å². The van der Waals surface area contributed by atoms with Gasteiger partial charge in [0.05, 0.1) is 6.54 Å². The SMILES string of the molecule is CC1CC1c1ccc(CN2CC3CCCC(N)C3C2)o1. The van der Waals surface area contributed by atoms with Crippen LogP contribution in [0.15, 0.2) is 16.5 Å². The van der Waals surface area contributed by atoms with Crippen LogP contribution in [0.1, 0.15) is 50.0 Å². The van der Waals surface area contributed by atoms with Crippen molar-refractivity contribution in [2.24, 2.45) is 23.5 Å². The first-order valence-corrected chi connectivity index (χ1v) is 8.27. The van der Waals surface area contributed by atoms with E-state index >= 15 is 0 Å². The molecule has 110 valence electrons. The Bertz CT molecular complexity index is 483. The van der Waals surface area contributed by atoms with Gasteiger partial charge in [-0.1, -0.05) is 13.3 Å². The molecule has 3 aliphatic rings. The Morgan fingerprint density at radius 1 is 1.30 bits per heavy atom. The Balaban J connectivity index is 1.39. The van der Waals surface area contributed by atoms with Crippen LogP contribution in [0.5, 0.6) is 0 Å². The summed E-state index contributed by atoms with van der Waals surface area (Å²) in [7, 11) is 0. The normalized spacial score (nSPS) is 40.8. The van der Waals surface area contributed by atoms with Gasteiger partial charge in [-0.05, 0) is 49.1 Å². The molecule has 1 aromatic heterocycles. The molecule has 0 radical (unpaired) electrons. The molecule has 2 aliphatic carbocycles. The van der Waals surface area contributed by atoms with E-state index in [0.29, 0.717) is 12.0 Å². The van der Waals surface area contributed by atoms with E-state index < -0.39 is 0 Å². The molecule has 1 aliphatic heterocycles. The highest BCUT2D eigenvalue weighted by Gasteiger charge is 2.39. The van der Waals surface area contributed by atoms with Crippen LogP contribution < -0.4 is 5.73 Å². The van der Waals surface area contributed by atoms with Gasteiger partial charge in [-0.25, -0.2) is 0 Å². The van der Waals surface area contributed by atoms with Crippen molar-refractivity contribution in [3.05, 3.63) is 23.7 Å². The first-order chi connectivity index (χ1) is 9.70. The van der Waals surface area contributed by atoms with Gasteiger partial charge in [-0.2, -0.15) is 0 Å². The topological polar surface area (TPSA) is 42.4 Å². The molecule has 0 amide bonds. The Morgan fingerprint density at radius 2 is 2.15 bits per heavy atom. The average Bonchev–Trinajstić information content (AvgIpc) is 2.86. The second kappa shape index (κ2) is 4.88. The second-order valence-corrected chi connectivity index (χ2v) is 7.34. The van der Waals surface area contributed by atoms with Gasteiger partial charge in [0, 0.05) is 25.0 Å². The molecule has 3 fully saturated rings. The molecule has 0 bridgehead atoms. The third kappa shape index (κ3) is 2.31. The minimum absolute atomic E-state index is 0.429.